The van der Waals surface area contributed by atoms with E-state index in [2.05, 4.69) is 5.32 Å². The third-order valence-electron chi connectivity index (χ3n) is 3.28. The van der Waals surface area contributed by atoms with Crippen molar-refractivity contribution in [3.8, 4) is 0 Å². The van der Waals surface area contributed by atoms with Gasteiger partial charge in [-0.3, -0.25) is 4.79 Å². The van der Waals surface area contributed by atoms with E-state index in [9.17, 15) is 13.6 Å². The van der Waals surface area contributed by atoms with Gasteiger partial charge >= 0.3 is 0 Å². The Morgan fingerprint density at radius 3 is 2.89 bits per heavy atom. The number of rotatable bonds is 3. The van der Waals surface area contributed by atoms with Gasteiger partial charge in [-0.25, -0.2) is 8.78 Å². The number of carbonyl (C=O) groups excluding carboxylic acids is 1. The summed E-state index contributed by atoms with van der Waals surface area (Å²) in [6.07, 6.45) is 1.14. The predicted octanol–water partition coefficient (Wildman–Crippen LogP) is 2.30. The maximum atomic E-state index is 13.6. The third-order valence-corrected chi connectivity index (χ3v) is 3.28. The Kier molecular flexibility index (Phi) is 3.99. The molecule has 2 unspecified atom stereocenters. The number of hydrogen-bond acceptors (Lipinski definition) is 3. The van der Waals surface area contributed by atoms with Gasteiger partial charge < -0.3 is 15.8 Å². The molecule has 1 aliphatic heterocycles. The summed E-state index contributed by atoms with van der Waals surface area (Å²) < 4.78 is 31.9. The van der Waals surface area contributed by atoms with Crippen molar-refractivity contribution in [2.45, 2.75) is 25.9 Å². The van der Waals surface area contributed by atoms with Crippen molar-refractivity contribution in [1.82, 2.24) is 0 Å². The van der Waals surface area contributed by atoms with Gasteiger partial charge in [-0.15, -0.1) is 0 Å². The third kappa shape index (κ3) is 2.84. The van der Waals surface area contributed by atoms with Crippen LogP contribution in [-0.4, -0.2) is 18.6 Å². The summed E-state index contributed by atoms with van der Waals surface area (Å²) in [6.45, 7) is 2.43. The first-order valence-corrected chi connectivity index (χ1v) is 6.20. The first-order chi connectivity index (χ1) is 9.02. The van der Waals surface area contributed by atoms with E-state index in [1.165, 1.54) is 0 Å². The van der Waals surface area contributed by atoms with Crippen molar-refractivity contribution >= 4 is 17.3 Å². The van der Waals surface area contributed by atoms with Crippen molar-refractivity contribution in [3.05, 3.63) is 23.8 Å². The van der Waals surface area contributed by atoms with E-state index in [-0.39, 0.29) is 29.3 Å². The van der Waals surface area contributed by atoms with Gasteiger partial charge in [-0.05, 0) is 18.9 Å². The maximum Gasteiger partial charge on any atom is 0.230 e. The molecule has 0 spiro atoms. The zero-order chi connectivity index (χ0) is 14.0. The van der Waals surface area contributed by atoms with Gasteiger partial charge in [-0.2, -0.15) is 0 Å². The van der Waals surface area contributed by atoms with E-state index < -0.39 is 11.6 Å². The molecule has 1 heterocycles. The molecule has 0 aliphatic carbocycles. The van der Waals surface area contributed by atoms with E-state index in [1.54, 1.807) is 0 Å². The summed E-state index contributed by atoms with van der Waals surface area (Å²) >= 11 is 0. The molecule has 1 amide bonds. The highest BCUT2D eigenvalue weighted by atomic mass is 19.1. The molecular weight excluding hydrogens is 254 g/mol. The fraction of sp³-hybridized carbons (Fsp3) is 0.462. The van der Waals surface area contributed by atoms with Gasteiger partial charge in [0.2, 0.25) is 5.91 Å². The van der Waals surface area contributed by atoms with Crippen LogP contribution in [0.25, 0.3) is 0 Å². The van der Waals surface area contributed by atoms with E-state index in [0.29, 0.717) is 25.5 Å². The van der Waals surface area contributed by atoms with Crippen molar-refractivity contribution in [3.63, 3.8) is 0 Å². The van der Waals surface area contributed by atoms with Crippen LogP contribution in [0.1, 0.15) is 19.8 Å². The van der Waals surface area contributed by atoms with E-state index in [4.69, 9.17) is 10.5 Å². The van der Waals surface area contributed by atoms with Crippen LogP contribution in [-0.2, 0) is 9.53 Å². The average molecular weight is 270 g/mol. The summed E-state index contributed by atoms with van der Waals surface area (Å²) in [5, 5.41) is 2.43. The Morgan fingerprint density at radius 2 is 2.26 bits per heavy atom. The number of carbonyl (C=O) groups is 1. The van der Waals surface area contributed by atoms with Crippen LogP contribution in [0.4, 0.5) is 20.2 Å². The zero-order valence-corrected chi connectivity index (χ0v) is 10.6. The number of benzene rings is 1. The second-order valence-electron chi connectivity index (χ2n) is 4.55. The number of ether oxygens (including phenoxy) is 1. The highest BCUT2D eigenvalue weighted by molar-refractivity contribution is 5.96. The highest BCUT2D eigenvalue weighted by Gasteiger charge is 2.33. The highest BCUT2D eigenvalue weighted by Crippen LogP contribution is 2.28. The molecule has 1 fully saturated rings. The van der Waals surface area contributed by atoms with Crippen molar-refractivity contribution in [2.75, 3.05) is 17.7 Å². The minimum atomic E-state index is -0.877. The molecule has 2 atom stereocenters. The molecule has 1 aliphatic rings. The molecule has 1 aromatic carbocycles. The Balaban J connectivity index is 2.15. The topological polar surface area (TPSA) is 64.3 Å². The van der Waals surface area contributed by atoms with Crippen LogP contribution in [0, 0.1) is 17.6 Å². The van der Waals surface area contributed by atoms with Crippen LogP contribution in [0.5, 0.6) is 0 Å². The molecule has 6 heteroatoms. The largest absolute Gasteiger partial charge is 0.397 e. The fourth-order valence-electron chi connectivity index (χ4n) is 2.29. The van der Waals surface area contributed by atoms with Crippen LogP contribution >= 0.6 is 0 Å². The lowest BCUT2D eigenvalue weighted by atomic mass is 9.98. The molecule has 19 heavy (non-hydrogen) atoms. The normalized spacial score (nSPS) is 22.5. The molecule has 0 saturated carbocycles. The van der Waals surface area contributed by atoms with Gasteiger partial charge in [0.05, 0.1) is 17.7 Å². The SMILES string of the molecule is CCC1OCCC1C(=O)Nc1c(N)cc(F)cc1F. The van der Waals surface area contributed by atoms with Crippen molar-refractivity contribution < 1.29 is 18.3 Å². The molecule has 2 rings (SSSR count). The monoisotopic (exact) mass is 270 g/mol. The summed E-state index contributed by atoms with van der Waals surface area (Å²) in [7, 11) is 0. The molecule has 3 N–H and O–H groups in total. The van der Waals surface area contributed by atoms with Crippen LogP contribution in [0.15, 0.2) is 12.1 Å². The molecule has 4 nitrogen and oxygen atoms in total. The number of amides is 1. The number of nitrogen functional groups attached to an aromatic ring is 1. The number of nitrogens with one attached hydrogen (secondary N) is 1. The minimum Gasteiger partial charge on any atom is -0.397 e. The quantitative estimate of drug-likeness (QED) is 0.828. The summed E-state index contributed by atoms with van der Waals surface area (Å²) in [4.78, 5) is 12.1. The molecule has 0 aromatic heterocycles. The Hall–Kier alpha value is -1.69. The van der Waals surface area contributed by atoms with E-state index >= 15 is 0 Å². The first-order valence-electron chi connectivity index (χ1n) is 6.20. The van der Waals surface area contributed by atoms with Crippen molar-refractivity contribution in [2.24, 2.45) is 5.92 Å². The lowest BCUT2D eigenvalue weighted by Gasteiger charge is -2.17. The van der Waals surface area contributed by atoms with Crippen LogP contribution in [0.2, 0.25) is 0 Å². The number of hydrogen-bond donors (Lipinski definition) is 2. The lowest BCUT2D eigenvalue weighted by molar-refractivity contribution is -0.121. The fourth-order valence-corrected chi connectivity index (χ4v) is 2.29. The summed E-state index contributed by atoms with van der Waals surface area (Å²) in [5.41, 5.74) is 5.21. The first kappa shape index (κ1) is 13.7. The Bertz CT molecular complexity index is 471. The molecule has 104 valence electrons. The van der Waals surface area contributed by atoms with Gasteiger partial charge in [0.15, 0.2) is 5.82 Å². The van der Waals surface area contributed by atoms with Gasteiger partial charge in [0.1, 0.15) is 11.5 Å². The molecular formula is C13H16F2N2O2. The smallest absolute Gasteiger partial charge is 0.230 e. The average Bonchev–Trinajstić information content (AvgIpc) is 2.81. The summed E-state index contributed by atoms with van der Waals surface area (Å²) in [5.74, 6) is -2.32. The van der Waals surface area contributed by atoms with Crippen LogP contribution < -0.4 is 11.1 Å². The zero-order valence-electron chi connectivity index (χ0n) is 10.6. The van der Waals surface area contributed by atoms with Gasteiger partial charge in [0.25, 0.3) is 0 Å². The standard InChI is InChI=1S/C13H16F2N2O2/c1-2-11-8(3-4-19-11)13(18)17-12-9(15)5-7(14)6-10(12)16/h5-6,8,11H,2-4,16H2,1H3,(H,17,18). The molecule has 1 aromatic rings. The van der Waals surface area contributed by atoms with Gasteiger partial charge in [-0.1, -0.05) is 6.92 Å². The maximum absolute atomic E-state index is 13.6. The lowest BCUT2D eigenvalue weighted by Crippen LogP contribution is -2.29. The number of halogens is 2. The Morgan fingerprint density at radius 1 is 1.53 bits per heavy atom. The van der Waals surface area contributed by atoms with Crippen molar-refractivity contribution in [1.29, 1.82) is 0 Å². The van der Waals surface area contributed by atoms with Gasteiger partial charge in [0, 0.05) is 12.7 Å². The second kappa shape index (κ2) is 5.52. The number of nitrogens with two attached hydrogens (primary N) is 1. The predicted molar refractivity (Wildman–Crippen MR) is 67.5 cm³/mol. The Labute approximate surface area is 109 Å². The van der Waals surface area contributed by atoms with Crippen LogP contribution in [0.3, 0.4) is 0 Å². The second-order valence-corrected chi connectivity index (χ2v) is 4.55. The number of anilines is 2. The molecule has 0 bridgehead atoms. The summed E-state index contributed by atoms with van der Waals surface area (Å²) in [6, 6.07) is 1.66. The molecule has 1 saturated heterocycles. The minimum absolute atomic E-state index is 0.127. The molecule has 0 radical (unpaired) electrons. The van der Waals surface area contributed by atoms with E-state index in [0.717, 1.165) is 6.07 Å². The van der Waals surface area contributed by atoms with E-state index in [1.807, 2.05) is 6.92 Å².